The fraction of sp³-hybridized carbons (Fsp3) is 0.231. The van der Waals surface area contributed by atoms with E-state index >= 15 is 0 Å². The fourth-order valence-corrected chi connectivity index (χ4v) is 5.32. The number of carbonyl (C=O) groups excluding carboxylic acids is 2. The Bertz CT molecular complexity index is 1500. The number of nitrogens with one attached hydrogen (secondary N) is 1. The SMILES string of the molecule is COc1cc([C@@H]2OC(c3sc(NC(C)=O)c(C#N)c3C)=NN2C(C)=O)ccc1OCc1ccc(Cl)cc1Cl. The number of nitriles is 1. The average molecular weight is 573 g/mol. The van der Waals surface area contributed by atoms with Crippen molar-refractivity contribution in [1.82, 2.24) is 5.01 Å². The lowest BCUT2D eigenvalue weighted by Gasteiger charge is -2.20. The Balaban J connectivity index is 1.60. The van der Waals surface area contributed by atoms with Crippen LogP contribution in [-0.2, 0) is 20.9 Å². The number of hydrazone groups is 1. The third-order valence-electron chi connectivity index (χ3n) is 5.58. The van der Waals surface area contributed by atoms with Crippen LogP contribution in [0.4, 0.5) is 5.00 Å². The Kier molecular flexibility index (Phi) is 8.11. The topological polar surface area (TPSA) is 113 Å². The van der Waals surface area contributed by atoms with E-state index in [0.29, 0.717) is 48.1 Å². The van der Waals surface area contributed by atoms with E-state index in [0.717, 1.165) is 16.9 Å². The largest absolute Gasteiger partial charge is 0.493 e. The molecule has 38 heavy (non-hydrogen) atoms. The van der Waals surface area contributed by atoms with Crippen molar-refractivity contribution in [3.05, 3.63) is 73.6 Å². The van der Waals surface area contributed by atoms with E-state index in [1.54, 1.807) is 43.3 Å². The Hall–Kier alpha value is -3.78. The molecule has 0 spiro atoms. The van der Waals surface area contributed by atoms with Crippen LogP contribution in [0.15, 0.2) is 41.5 Å². The summed E-state index contributed by atoms with van der Waals surface area (Å²) in [7, 11) is 1.50. The van der Waals surface area contributed by atoms with Gasteiger partial charge in [-0.25, -0.2) is 0 Å². The van der Waals surface area contributed by atoms with Gasteiger partial charge in [0, 0.05) is 35.0 Å². The van der Waals surface area contributed by atoms with Crippen LogP contribution in [0.1, 0.15) is 47.2 Å². The van der Waals surface area contributed by atoms with Crippen molar-refractivity contribution in [3.63, 3.8) is 0 Å². The maximum Gasteiger partial charge on any atom is 0.251 e. The smallest absolute Gasteiger partial charge is 0.251 e. The van der Waals surface area contributed by atoms with Gasteiger partial charge in [-0.15, -0.1) is 16.4 Å². The first-order chi connectivity index (χ1) is 18.1. The minimum Gasteiger partial charge on any atom is -0.493 e. The van der Waals surface area contributed by atoms with Gasteiger partial charge in [0.05, 0.1) is 17.6 Å². The van der Waals surface area contributed by atoms with E-state index in [1.807, 2.05) is 0 Å². The predicted octanol–water partition coefficient (Wildman–Crippen LogP) is 6.02. The molecule has 9 nitrogen and oxygen atoms in total. The van der Waals surface area contributed by atoms with Crippen molar-refractivity contribution < 1.29 is 23.8 Å². The molecule has 0 aliphatic carbocycles. The second kappa shape index (κ2) is 11.3. The highest BCUT2D eigenvalue weighted by molar-refractivity contribution is 7.18. The molecule has 0 fully saturated rings. The summed E-state index contributed by atoms with van der Waals surface area (Å²) in [5.74, 6) is 0.388. The van der Waals surface area contributed by atoms with Crippen LogP contribution in [0.3, 0.4) is 0 Å². The first kappa shape index (κ1) is 27.3. The molecule has 2 aromatic carbocycles. The minimum atomic E-state index is -0.882. The molecule has 1 N–H and O–H groups in total. The maximum absolute atomic E-state index is 12.5. The number of amides is 2. The standard InChI is InChI=1S/C26H22Cl2N4O5S/c1-13-19(11-29)25(30-14(2)33)38-23(13)24-31-32(15(3)34)26(37-24)16-6-8-21(22(9-16)35-4)36-12-17-5-7-18(27)10-20(17)28/h5-10,26H,12H2,1-4H3,(H,30,33)/t26-/m0/s1. The van der Waals surface area contributed by atoms with Crippen LogP contribution in [-0.4, -0.2) is 29.8 Å². The zero-order chi connectivity index (χ0) is 27.6. The molecular formula is C26H22Cl2N4O5S. The van der Waals surface area contributed by atoms with Crippen LogP contribution in [0.5, 0.6) is 11.5 Å². The Morgan fingerprint density at radius 2 is 1.97 bits per heavy atom. The molecule has 1 aliphatic rings. The Labute approximate surface area is 233 Å². The summed E-state index contributed by atoms with van der Waals surface area (Å²) in [5, 5.41) is 19.2. The van der Waals surface area contributed by atoms with Crippen molar-refractivity contribution in [2.75, 3.05) is 12.4 Å². The molecule has 1 atom stereocenters. The van der Waals surface area contributed by atoms with E-state index in [9.17, 15) is 14.9 Å². The van der Waals surface area contributed by atoms with E-state index in [4.69, 9.17) is 37.4 Å². The van der Waals surface area contributed by atoms with E-state index in [-0.39, 0.29) is 24.3 Å². The van der Waals surface area contributed by atoms with Crippen molar-refractivity contribution >= 4 is 57.3 Å². The maximum atomic E-state index is 12.5. The number of ether oxygens (including phenoxy) is 3. The normalized spacial score (nSPS) is 14.4. The molecule has 0 bridgehead atoms. The lowest BCUT2D eigenvalue weighted by atomic mass is 10.1. The van der Waals surface area contributed by atoms with Gasteiger partial charge in [0.25, 0.3) is 5.90 Å². The third kappa shape index (κ3) is 5.55. The third-order valence-corrected chi connectivity index (χ3v) is 7.36. The highest BCUT2D eigenvalue weighted by atomic mass is 35.5. The zero-order valence-electron chi connectivity index (χ0n) is 20.8. The Morgan fingerprint density at radius 1 is 1.21 bits per heavy atom. The molecule has 196 valence electrons. The van der Waals surface area contributed by atoms with Gasteiger partial charge < -0.3 is 19.5 Å². The summed E-state index contributed by atoms with van der Waals surface area (Å²) in [4.78, 5) is 24.6. The predicted molar refractivity (Wildman–Crippen MR) is 145 cm³/mol. The van der Waals surface area contributed by atoms with Crippen LogP contribution >= 0.6 is 34.5 Å². The summed E-state index contributed by atoms with van der Waals surface area (Å²) in [6.45, 7) is 4.65. The summed E-state index contributed by atoms with van der Waals surface area (Å²) in [5.41, 5.74) is 2.24. The molecule has 12 heteroatoms. The summed E-state index contributed by atoms with van der Waals surface area (Å²) in [6, 6.07) is 12.4. The number of rotatable bonds is 7. The molecule has 1 aliphatic heterocycles. The number of anilines is 1. The van der Waals surface area contributed by atoms with Crippen LogP contribution in [0.25, 0.3) is 0 Å². The number of nitrogens with zero attached hydrogens (tertiary/aromatic N) is 3. The summed E-state index contributed by atoms with van der Waals surface area (Å²) < 4.78 is 17.6. The number of hydrogen-bond acceptors (Lipinski definition) is 8. The van der Waals surface area contributed by atoms with Gasteiger partial charge in [-0.3, -0.25) is 9.59 Å². The molecule has 2 heterocycles. The lowest BCUT2D eigenvalue weighted by molar-refractivity contribution is -0.135. The number of carbonyl (C=O) groups is 2. The number of benzene rings is 2. The summed E-state index contributed by atoms with van der Waals surface area (Å²) in [6.07, 6.45) is -0.882. The molecule has 3 aromatic rings. The lowest BCUT2D eigenvalue weighted by Crippen LogP contribution is -2.25. The highest BCUT2D eigenvalue weighted by Gasteiger charge is 2.36. The molecule has 2 amide bonds. The van der Waals surface area contributed by atoms with E-state index < -0.39 is 6.23 Å². The summed E-state index contributed by atoms with van der Waals surface area (Å²) >= 11 is 13.4. The number of hydrogen-bond donors (Lipinski definition) is 1. The van der Waals surface area contributed by atoms with Crippen LogP contribution in [0, 0.1) is 18.3 Å². The first-order valence-corrected chi connectivity index (χ1v) is 12.8. The fourth-order valence-electron chi connectivity index (χ4n) is 3.72. The minimum absolute atomic E-state index is 0.164. The molecule has 0 saturated carbocycles. The van der Waals surface area contributed by atoms with Gasteiger partial charge in [0.1, 0.15) is 17.7 Å². The van der Waals surface area contributed by atoms with Gasteiger partial charge in [-0.1, -0.05) is 29.3 Å². The van der Waals surface area contributed by atoms with Gasteiger partial charge in [-0.05, 0) is 42.8 Å². The van der Waals surface area contributed by atoms with Crippen LogP contribution < -0.4 is 14.8 Å². The molecule has 4 rings (SSSR count). The van der Waals surface area contributed by atoms with Gasteiger partial charge in [-0.2, -0.15) is 10.3 Å². The van der Waals surface area contributed by atoms with Crippen molar-refractivity contribution in [2.45, 2.75) is 33.6 Å². The van der Waals surface area contributed by atoms with Crippen molar-refractivity contribution in [2.24, 2.45) is 5.10 Å². The Morgan fingerprint density at radius 3 is 2.61 bits per heavy atom. The van der Waals surface area contributed by atoms with Gasteiger partial charge in [0.2, 0.25) is 18.0 Å². The zero-order valence-corrected chi connectivity index (χ0v) is 23.1. The van der Waals surface area contributed by atoms with E-state index in [1.165, 1.54) is 26.0 Å². The number of halogens is 2. The first-order valence-electron chi connectivity index (χ1n) is 11.2. The molecule has 0 saturated heterocycles. The molecule has 1 aromatic heterocycles. The molecule has 0 radical (unpaired) electrons. The van der Waals surface area contributed by atoms with E-state index in [2.05, 4.69) is 16.5 Å². The van der Waals surface area contributed by atoms with Crippen molar-refractivity contribution in [1.29, 1.82) is 5.26 Å². The average Bonchev–Trinajstić information content (AvgIpc) is 3.44. The quantitative estimate of drug-likeness (QED) is 0.370. The number of methoxy groups -OCH3 is 1. The second-order valence-corrected chi connectivity index (χ2v) is 10.1. The van der Waals surface area contributed by atoms with Gasteiger partial charge in [0.15, 0.2) is 11.5 Å². The molecular weight excluding hydrogens is 551 g/mol. The highest BCUT2D eigenvalue weighted by Crippen LogP contribution is 2.40. The van der Waals surface area contributed by atoms with Gasteiger partial charge >= 0.3 is 0 Å². The second-order valence-electron chi connectivity index (χ2n) is 8.23. The number of thiophene rings is 1. The van der Waals surface area contributed by atoms with Crippen LogP contribution in [0.2, 0.25) is 10.0 Å². The monoisotopic (exact) mass is 572 g/mol. The molecule has 0 unspecified atom stereocenters. The van der Waals surface area contributed by atoms with Crippen molar-refractivity contribution in [3.8, 4) is 17.6 Å².